The maximum absolute atomic E-state index is 13.2. The van der Waals surface area contributed by atoms with Crippen molar-refractivity contribution < 1.29 is 4.21 Å². The van der Waals surface area contributed by atoms with E-state index in [-0.39, 0.29) is 10.5 Å². The number of hydrogen-bond acceptors (Lipinski definition) is 2. The van der Waals surface area contributed by atoms with Crippen molar-refractivity contribution in [1.82, 2.24) is 4.72 Å². The maximum Gasteiger partial charge on any atom is 0.0976 e. The SMILES string of the molecule is CC(C)(C)S(=O)N[C@@H](C1CCCCC1)P(=S)(c1ccccc1)c1ccccc1. The van der Waals surface area contributed by atoms with Gasteiger partial charge in [-0.25, -0.2) is 8.93 Å². The highest BCUT2D eigenvalue weighted by Crippen LogP contribution is 2.53. The molecule has 0 spiro atoms. The van der Waals surface area contributed by atoms with Crippen LogP contribution in [0.25, 0.3) is 0 Å². The van der Waals surface area contributed by atoms with E-state index in [1.54, 1.807) is 0 Å². The van der Waals surface area contributed by atoms with Gasteiger partial charge in [-0.2, -0.15) is 0 Å². The van der Waals surface area contributed by atoms with Crippen molar-refractivity contribution in [2.45, 2.75) is 63.4 Å². The minimum atomic E-state index is -2.20. The quantitative estimate of drug-likeness (QED) is 0.644. The van der Waals surface area contributed by atoms with Crippen LogP contribution in [-0.2, 0) is 22.8 Å². The summed E-state index contributed by atoms with van der Waals surface area (Å²) in [7, 11) is -1.15. The number of benzene rings is 2. The number of rotatable bonds is 6. The monoisotopic (exact) mass is 433 g/mol. The van der Waals surface area contributed by atoms with Crippen molar-refractivity contribution in [3.8, 4) is 0 Å². The summed E-state index contributed by atoms with van der Waals surface area (Å²) in [6, 6.07) is 18.9. The molecular formula is C23H32NOPS2. The molecule has 0 radical (unpaired) electrons. The van der Waals surface area contributed by atoms with Crippen molar-refractivity contribution in [2.24, 2.45) is 5.92 Å². The molecule has 5 heteroatoms. The summed E-state index contributed by atoms with van der Waals surface area (Å²) >= 11 is 6.59. The van der Waals surface area contributed by atoms with E-state index < -0.39 is 17.0 Å². The van der Waals surface area contributed by atoms with E-state index in [9.17, 15) is 4.21 Å². The highest BCUT2D eigenvalue weighted by molar-refractivity contribution is 8.22. The second-order valence-electron chi connectivity index (χ2n) is 8.67. The van der Waals surface area contributed by atoms with Crippen molar-refractivity contribution in [2.75, 3.05) is 0 Å². The summed E-state index contributed by atoms with van der Waals surface area (Å²) in [5.74, 6) is 0.513. The van der Waals surface area contributed by atoms with E-state index in [0.717, 1.165) is 12.8 Å². The van der Waals surface area contributed by atoms with Crippen LogP contribution in [0.1, 0.15) is 52.9 Å². The molecule has 2 nitrogen and oxygen atoms in total. The summed E-state index contributed by atoms with van der Waals surface area (Å²) < 4.78 is 16.5. The molecule has 28 heavy (non-hydrogen) atoms. The third-order valence-electron chi connectivity index (χ3n) is 5.55. The average molecular weight is 434 g/mol. The molecule has 152 valence electrons. The third-order valence-corrected chi connectivity index (χ3v) is 12.7. The Balaban J connectivity index is 2.13. The fourth-order valence-electron chi connectivity index (χ4n) is 3.97. The Hall–Kier alpha value is -0.800. The molecule has 1 aliphatic carbocycles. The van der Waals surface area contributed by atoms with E-state index in [1.807, 2.05) is 32.9 Å². The third kappa shape index (κ3) is 4.84. The van der Waals surface area contributed by atoms with E-state index in [4.69, 9.17) is 11.8 Å². The fraction of sp³-hybridized carbons (Fsp3) is 0.478. The van der Waals surface area contributed by atoms with Gasteiger partial charge in [0.15, 0.2) is 0 Å². The van der Waals surface area contributed by atoms with Gasteiger partial charge in [0.1, 0.15) is 0 Å². The van der Waals surface area contributed by atoms with Crippen molar-refractivity contribution in [1.29, 1.82) is 0 Å². The standard InChI is InChI=1S/C23H32NOPS2/c1-23(2,3)28(25)24-22(19-13-7-4-8-14-19)26(27,20-15-9-5-10-16-20)21-17-11-6-12-18-21/h5-6,9-12,15-19,22,24H,4,7-8,13-14H2,1-3H3/t22-,28?/m1/s1. The first kappa shape index (κ1) is 21.9. The topological polar surface area (TPSA) is 29.1 Å². The molecular weight excluding hydrogens is 401 g/mol. The van der Waals surface area contributed by atoms with E-state index in [1.165, 1.54) is 29.9 Å². The molecule has 0 saturated heterocycles. The molecule has 1 N–H and O–H groups in total. The minimum absolute atomic E-state index is 0.0488. The van der Waals surface area contributed by atoms with Gasteiger partial charge in [-0.05, 0) is 50.1 Å². The zero-order valence-corrected chi connectivity index (χ0v) is 19.7. The van der Waals surface area contributed by atoms with Crippen LogP contribution in [0.15, 0.2) is 60.7 Å². The van der Waals surface area contributed by atoms with Gasteiger partial charge in [-0.15, -0.1) is 0 Å². The molecule has 1 saturated carbocycles. The lowest BCUT2D eigenvalue weighted by Gasteiger charge is -2.40. The van der Waals surface area contributed by atoms with Gasteiger partial charge in [-0.1, -0.05) is 91.7 Å². The second kappa shape index (κ2) is 9.34. The molecule has 1 fully saturated rings. The van der Waals surface area contributed by atoms with Crippen LogP contribution in [0.3, 0.4) is 0 Å². The van der Waals surface area contributed by atoms with Crippen LogP contribution < -0.4 is 15.3 Å². The molecule has 3 rings (SSSR count). The van der Waals surface area contributed by atoms with Crippen LogP contribution in [0.4, 0.5) is 0 Å². The number of nitrogens with one attached hydrogen (secondary N) is 1. The Morgan fingerprint density at radius 1 is 0.929 bits per heavy atom. The van der Waals surface area contributed by atoms with Crippen molar-refractivity contribution in [3.05, 3.63) is 60.7 Å². The zero-order valence-electron chi connectivity index (χ0n) is 17.1. The fourth-order valence-corrected chi connectivity index (χ4v) is 10.3. The molecule has 2 atom stereocenters. The lowest BCUT2D eigenvalue weighted by atomic mass is 9.89. The molecule has 2 aromatic rings. The summed E-state index contributed by atoms with van der Waals surface area (Å²) in [6.45, 7) is 6.09. The summed E-state index contributed by atoms with van der Waals surface area (Å²) in [5, 5.41) is 2.43. The summed E-state index contributed by atoms with van der Waals surface area (Å²) in [5.41, 5.74) is 0. The molecule has 0 aromatic heterocycles. The normalized spacial score (nSPS) is 18.5. The van der Waals surface area contributed by atoms with Gasteiger partial charge in [0.25, 0.3) is 0 Å². The van der Waals surface area contributed by atoms with Gasteiger partial charge >= 0.3 is 0 Å². The first-order valence-corrected chi connectivity index (χ1v) is 14.2. The predicted molar refractivity (Wildman–Crippen MR) is 128 cm³/mol. The van der Waals surface area contributed by atoms with Gasteiger partial charge in [-0.3, -0.25) is 0 Å². The van der Waals surface area contributed by atoms with E-state index in [2.05, 4.69) is 53.3 Å². The van der Waals surface area contributed by atoms with Crippen LogP contribution in [0.5, 0.6) is 0 Å². The van der Waals surface area contributed by atoms with Gasteiger partial charge in [0.05, 0.1) is 21.5 Å². The predicted octanol–water partition coefficient (Wildman–Crippen LogP) is 5.08. The first-order chi connectivity index (χ1) is 13.3. The van der Waals surface area contributed by atoms with E-state index >= 15 is 0 Å². The zero-order chi connectivity index (χ0) is 20.2. The Kier molecular flexibility index (Phi) is 7.31. The first-order valence-electron chi connectivity index (χ1n) is 10.2. The largest absolute Gasteiger partial charge is 0.242 e. The highest BCUT2D eigenvalue weighted by atomic mass is 32.4. The lowest BCUT2D eigenvalue weighted by Crippen LogP contribution is -2.47. The molecule has 0 aliphatic heterocycles. The molecule has 0 heterocycles. The van der Waals surface area contributed by atoms with Gasteiger partial charge < -0.3 is 0 Å². The summed E-state index contributed by atoms with van der Waals surface area (Å²) in [6.07, 6.45) is 6.10. The molecule has 2 aromatic carbocycles. The van der Waals surface area contributed by atoms with E-state index in [0.29, 0.717) is 5.92 Å². The van der Waals surface area contributed by atoms with Crippen LogP contribution in [0.2, 0.25) is 0 Å². The van der Waals surface area contributed by atoms with Crippen molar-refractivity contribution in [3.63, 3.8) is 0 Å². The molecule has 1 aliphatic rings. The van der Waals surface area contributed by atoms with Gasteiger partial charge in [0.2, 0.25) is 0 Å². The van der Waals surface area contributed by atoms with Crippen LogP contribution in [-0.4, -0.2) is 14.7 Å². The number of hydrogen-bond donors (Lipinski definition) is 1. The Labute approximate surface area is 178 Å². The average Bonchev–Trinajstić information content (AvgIpc) is 2.72. The van der Waals surface area contributed by atoms with Gasteiger partial charge in [0, 0.05) is 6.04 Å². The molecule has 1 unspecified atom stereocenters. The second-order valence-corrected chi connectivity index (χ2v) is 15.3. The lowest BCUT2D eigenvalue weighted by molar-refractivity contribution is 0.340. The Morgan fingerprint density at radius 2 is 1.39 bits per heavy atom. The Bertz CT molecular complexity index is 783. The molecule has 0 amide bonds. The Morgan fingerprint density at radius 3 is 1.82 bits per heavy atom. The van der Waals surface area contributed by atoms with Crippen LogP contribution >= 0.6 is 6.04 Å². The van der Waals surface area contributed by atoms with Crippen LogP contribution in [0, 0.1) is 5.92 Å². The smallest absolute Gasteiger partial charge is 0.0976 e. The maximum atomic E-state index is 13.2. The highest BCUT2D eigenvalue weighted by Gasteiger charge is 2.40. The van der Waals surface area contributed by atoms with Crippen molar-refractivity contribution >= 4 is 39.4 Å². The summed E-state index contributed by atoms with van der Waals surface area (Å²) in [4.78, 5) is 0. The minimum Gasteiger partial charge on any atom is -0.242 e. The molecule has 0 bridgehead atoms.